The second-order valence-electron chi connectivity index (χ2n) is 5.12. The molecule has 0 bridgehead atoms. The van der Waals surface area contributed by atoms with Gasteiger partial charge in [-0.1, -0.05) is 18.2 Å². The normalized spacial score (nSPS) is 13.4. The second-order valence-corrected chi connectivity index (χ2v) is 6.10. The fourth-order valence-electron chi connectivity index (χ4n) is 2.11. The van der Waals surface area contributed by atoms with Crippen molar-refractivity contribution in [2.45, 2.75) is 25.5 Å². The first-order valence-corrected chi connectivity index (χ1v) is 7.93. The Morgan fingerprint density at radius 3 is 2.86 bits per heavy atom. The van der Waals surface area contributed by atoms with Crippen molar-refractivity contribution in [3.63, 3.8) is 0 Å². The van der Waals surface area contributed by atoms with Gasteiger partial charge in [-0.2, -0.15) is 0 Å². The number of rotatable bonds is 6. The highest BCUT2D eigenvalue weighted by atomic mass is 32.1. The number of nitrogens with one attached hydrogen (secondary N) is 2. The summed E-state index contributed by atoms with van der Waals surface area (Å²) in [6.07, 6.45) is -0.164. The van der Waals surface area contributed by atoms with Crippen LogP contribution in [0, 0.1) is 5.82 Å². The molecule has 0 saturated carbocycles. The van der Waals surface area contributed by atoms with Gasteiger partial charge in [0.05, 0.1) is 6.54 Å². The Morgan fingerprint density at radius 1 is 1.36 bits per heavy atom. The van der Waals surface area contributed by atoms with Gasteiger partial charge >= 0.3 is 6.03 Å². The average Bonchev–Trinajstić information content (AvgIpc) is 2.98. The van der Waals surface area contributed by atoms with Crippen LogP contribution in [0.5, 0.6) is 0 Å². The zero-order valence-corrected chi connectivity index (χ0v) is 13.1. The lowest BCUT2D eigenvalue weighted by atomic mass is 10.1. The van der Waals surface area contributed by atoms with Crippen LogP contribution in [0.2, 0.25) is 0 Å². The lowest BCUT2D eigenvalue weighted by molar-refractivity contribution is 0.176. The van der Waals surface area contributed by atoms with Gasteiger partial charge in [0.25, 0.3) is 0 Å². The molecule has 2 aromatic rings. The molecule has 3 N–H and O–H groups in total. The van der Waals surface area contributed by atoms with Crippen LogP contribution in [-0.4, -0.2) is 23.7 Å². The molecular formula is C16H19FN2O2S. The molecule has 2 rings (SSSR count). The van der Waals surface area contributed by atoms with Crippen LogP contribution >= 0.6 is 11.3 Å². The predicted octanol–water partition coefficient (Wildman–Crippen LogP) is 2.85. The Labute approximate surface area is 133 Å². The van der Waals surface area contributed by atoms with Crippen LogP contribution in [0.4, 0.5) is 9.18 Å². The molecule has 1 heterocycles. The largest absolute Gasteiger partial charge is 0.386 e. The Kier molecular flexibility index (Phi) is 5.91. The molecule has 22 heavy (non-hydrogen) atoms. The first-order valence-electron chi connectivity index (χ1n) is 7.05. The number of carbonyl (C=O) groups is 1. The van der Waals surface area contributed by atoms with Gasteiger partial charge in [0, 0.05) is 10.9 Å². The highest BCUT2D eigenvalue weighted by Crippen LogP contribution is 2.17. The molecule has 1 aromatic carbocycles. The molecule has 4 nitrogen and oxygen atoms in total. The lowest BCUT2D eigenvalue weighted by Crippen LogP contribution is -2.43. The van der Waals surface area contributed by atoms with Gasteiger partial charge in [-0.05, 0) is 42.5 Å². The number of hydrogen-bond donors (Lipinski definition) is 3. The zero-order chi connectivity index (χ0) is 15.9. The number of benzene rings is 1. The monoisotopic (exact) mass is 322 g/mol. The van der Waals surface area contributed by atoms with Gasteiger partial charge in [-0.25, -0.2) is 9.18 Å². The molecule has 2 amide bonds. The van der Waals surface area contributed by atoms with Crippen molar-refractivity contribution in [3.8, 4) is 0 Å². The van der Waals surface area contributed by atoms with E-state index >= 15 is 0 Å². The molecule has 118 valence electrons. The van der Waals surface area contributed by atoms with Gasteiger partial charge in [0.1, 0.15) is 11.9 Å². The summed E-state index contributed by atoms with van der Waals surface area (Å²) in [5, 5.41) is 17.2. The number of aliphatic hydroxyl groups excluding tert-OH is 1. The highest BCUT2D eigenvalue weighted by Gasteiger charge is 2.12. The molecule has 2 atom stereocenters. The highest BCUT2D eigenvalue weighted by molar-refractivity contribution is 7.10. The smallest absolute Gasteiger partial charge is 0.315 e. The molecule has 6 heteroatoms. The predicted molar refractivity (Wildman–Crippen MR) is 85.4 cm³/mol. The maximum Gasteiger partial charge on any atom is 0.315 e. The Morgan fingerprint density at radius 2 is 2.18 bits per heavy atom. The molecular weight excluding hydrogens is 303 g/mol. The van der Waals surface area contributed by atoms with Crippen molar-refractivity contribution in [1.82, 2.24) is 10.6 Å². The van der Waals surface area contributed by atoms with Crippen LogP contribution < -0.4 is 10.6 Å². The minimum atomic E-state index is -0.704. The zero-order valence-electron chi connectivity index (χ0n) is 12.3. The third kappa shape index (κ3) is 5.13. The topological polar surface area (TPSA) is 61.4 Å². The number of thiophene rings is 1. The molecule has 0 aliphatic rings. The van der Waals surface area contributed by atoms with Crippen molar-refractivity contribution in [2.75, 3.05) is 6.54 Å². The Bertz CT molecular complexity index is 604. The van der Waals surface area contributed by atoms with E-state index in [9.17, 15) is 14.3 Å². The van der Waals surface area contributed by atoms with Crippen LogP contribution in [0.15, 0.2) is 41.8 Å². The molecule has 0 saturated heterocycles. The third-order valence-corrected chi connectivity index (χ3v) is 4.11. The second kappa shape index (κ2) is 7.91. The van der Waals surface area contributed by atoms with E-state index < -0.39 is 6.10 Å². The summed E-state index contributed by atoms with van der Waals surface area (Å²) in [7, 11) is 0. The summed E-state index contributed by atoms with van der Waals surface area (Å²) < 4.78 is 13.1. The van der Waals surface area contributed by atoms with Crippen LogP contribution in [0.25, 0.3) is 0 Å². The number of aliphatic hydroxyl groups is 1. The first kappa shape index (κ1) is 16.5. The summed E-state index contributed by atoms with van der Waals surface area (Å²) in [6.45, 7) is 2.00. The quantitative estimate of drug-likeness (QED) is 0.766. The van der Waals surface area contributed by atoms with Crippen molar-refractivity contribution < 1.29 is 14.3 Å². The number of amides is 2. The van der Waals surface area contributed by atoms with E-state index in [0.29, 0.717) is 6.42 Å². The van der Waals surface area contributed by atoms with Crippen LogP contribution in [0.3, 0.4) is 0 Å². The molecule has 0 spiro atoms. The van der Waals surface area contributed by atoms with Gasteiger partial charge in [0.15, 0.2) is 0 Å². The van der Waals surface area contributed by atoms with E-state index in [2.05, 4.69) is 10.6 Å². The Hall–Kier alpha value is -1.92. The van der Waals surface area contributed by atoms with E-state index in [-0.39, 0.29) is 24.4 Å². The molecule has 0 unspecified atom stereocenters. The molecule has 0 aliphatic carbocycles. The summed E-state index contributed by atoms with van der Waals surface area (Å²) >= 11 is 1.44. The first-order chi connectivity index (χ1) is 10.5. The minimum Gasteiger partial charge on any atom is -0.386 e. The summed E-state index contributed by atoms with van der Waals surface area (Å²) in [6, 6.07) is 9.50. The van der Waals surface area contributed by atoms with Gasteiger partial charge in [0.2, 0.25) is 0 Å². The number of carbonyl (C=O) groups excluding carboxylic acids is 1. The van der Waals surface area contributed by atoms with Crippen LogP contribution in [0.1, 0.15) is 23.5 Å². The van der Waals surface area contributed by atoms with Crippen molar-refractivity contribution in [2.24, 2.45) is 0 Å². The minimum absolute atomic E-state index is 0.138. The third-order valence-electron chi connectivity index (χ3n) is 3.14. The number of hydrogen-bond acceptors (Lipinski definition) is 3. The maximum absolute atomic E-state index is 13.1. The van der Waals surface area contributed by atoms with Crippen molar-refractivity contribution >= 4 is 17.4 Å². The van der Waals surface area contributed by atoms with Gasteiger partial charge in [-0.3, -0.25) is 0 Å². The standard InChI is InChI=1S/C16H19FN2O2S/c1-11(8-12-4-2-5-13(17)9-12)19-16(21)18-10-14(20)15-6-3-7-22-15/h2-7,9,11,14,20H,8,10H2,1H3,(H2,18,19,21)/t11-,14-/m0/s1. The van der Waals surface area contributed by atoms with Crippen molar-refractivity contribution in [1.29, 1.82) is 0 Å². The summed E-state index contributed by atoms with van der Waals surface area (Å²) in [5.41, 5.74) is 0.825. The summed E-state index contributed by atoms with van der Waals surface area (Å²) in [5.74, 6) is -0.284. The number of urea groups is 1. The fraction of sp³-hybridized carbons (Fsp3) is 0.312. The van der Waals surface area contributed by atoms with E-state index in [1.165, 1.54) is 23.5 Å². The Balaban J connectivity index is 1.74. The van der Waals surface area contributed by atoms with E-state index in [0.717, 1.165) is 10.4 Å². The summed E-state index contributed by atoms with van der Waals surface area (Å²) in [4.78, 5) is 12.6. The maximum atomic E-state index is 13.1. The average molecular weight is 322 g/mol. The van der Waals surface area contributed by atoms with Crippen molar-refractivity contribution in [3.05, 3.63) is 58.0 Å². The molecule has 0 fully saturated rings. The van der Waals surface area contributed by atoms with Gasteiger partial charge < -0.3 is 15.7 Å². The van der Waals surface area contributed by atoms with E-state index in [1.54, 1.807) is 6.07 Å². The van der Waals surface area contributed by atoms with E-state index in [4.69, 9.17) is 0 Å². The SMILES string of the molecule is C[C@@H](Cc1cccc(F)c1)NC(=O)NC[C@H](O)c1cccs1. The molecule has 1 aromatic heterocycles. The van der Waals surface area contributed by atoms with Gasteiger partial charge in [-0.15, -0.1) is 11.3 Å². The van der Waals surface area contributed by atoms with E-state index in [1.807, 2.05) is 30.5 Å². The fourth-order valence-corrected chi connectivity index (χ4v) is 2.83. The molecule has 0 aliphatic heterocycles. The van der Waals surface area contributed by atoms with Crippen LogP contribution in [-0.2, 0) is 6.42 Å². The lowest BCUT2D eigenvalue weighted by Gasteiger charge is -2.16. The number of halogens is 1. The molecule has 0 radical (unpaired) electrons.